The standard InChI is InChI=1S/C3H8NO3S/c1-3(4)7-8(2,5)6/h3-4H,1-2H3. The SMILES string of the molecule is CC([NH])OS(C)(=O)=O. The van der Waals surface area contributed by atoms with E-state index in [4.69, 9.17) is 5.73 Å². The minimum absolute atomic E-state index is 0.915. The molecule has 0 saturated carbocycles. The Morgan fingerprint density at radius 1 is 1.62 bits per heavy atom. The Bertz CT molecular complexity index is 148. The molecule has 4 nitrogen and oxygen atoms in total. The highest BCUT2D eigenvalue weighted by molar-refractivity contribution is 7.86. The molecular formula is C3H8NO3S. The first-order valence-electron chi connectivity index (χ1n) is 2.01. The Morgan fingerprint density at radius 2 is 2.00 bits per heavy atom. The average molecular weight is 138 g/mol. The molecule has 1 unspecified atom stereocenters. The number of hydrogen-bond acceptors (Lipinski definition) is 3. The predicted octanol–water partition coefficient (Wildman–Crippen LogP) is -0.408. The molecule has 0 aromatic rings. The van der Waals surface area contributed by atoms with Gasteiger partial charge in [-0.2, -0.15) is 8.42 Å². The summed E-state index contributed by atoms with van der Waals surface area (Å²) in [5.74, 6) is 0. The fourth-order valence-electron chi connectivity index (χ4n) is 0.262. The Morgan fingerprint density at radius 3 is 2.00 bits per heavy atom. The summed E-state index contributed by atoms with van der Waals surface area (Å²) in [4.78, 5) is 0. The highest BCUT2D eigenvalue weighted by Gasteiger charge is 2.03. The zero-order valence-electron chi connectivity index (χ0n) is 4.71. The number of nitrogens with one attached hydrogen (secondary N) is 1. The Labute approximate surface area is 48.8 Å². The average Bonchev–Trinajstić information content (AvgIpc) is 1.21. The third-order valence-corrected chi connectivity index (χ3v) is 0.957. The van der Waals surface area contributed by atoms with E-state index in [9.17, 15) is 8.42 Å². The third kappa shape index (κ3) is 5.87. The van der Waals surface area contributed by atoms with Gasteiger partial charge in [-0.15, -0.1) is 0 Å². The van der Waals surface area contributed by atoms with Crippen LogP contribution < -0.4 is 5.73 Å². The van der Waals surface area contributed by atoms with Crippen LogP contribution >= 0.6 is 0 Å². The van der Waals surface area contributed by atoms with Crippen molar-refractivity contribution in [3.63, 3.8) is 0 Å². The van der Waals surface area contributed by atoms with Crippen molar-refractivity contribution in [3.8, 4) is 0 Å². The summed E-state index contributed by atoms with van der Waals surface area (Å²) in [6.45, 7) is 1.33. The van der Waals surface area contributed by atoms with Crippen LogP contribution in [0.4, 0.5) is 0 Å². The van der Waals surface area contributed by atoms with Gasteiger partial charge in [0.25, 0.3) is 10.1 Å². The summed E-state index contributed by atoms with van der Waals surface area (Å²) in [7, 11) is -3.41. The summed E-state index contributed by atoms with van der Waals surface area (Å²) < 4.78 is 24.3. The lowest BCUT2D eigenvalue weighted by atomic mass is 10.7. The third-order valence-electron chi connectivity index (χ3n) is 0.319. The maximum atomic E-state index is 10.1. The Hall–Kier alpha value is -0.130. The largest absolute Gasteiger partial charge is 0.265 e. The molecule has 0 aromatic carbocycles. The van der Waals surface area contributed by atoms with E-state index in [0.717, 1.165) is 6.26 Å². The first-order valence-corrected chi connectivity index (χ1v) is 3.83. The van der Waals surface area contributed by atoms with Crippen LogP contribution in [0.5, 0.6) is 0 Å². The minimum Gasteiger partial charge on any atom is -0.250 e. The van der Waals surface area contributed by atoms with Crippen LogP contribution in [0.2, 0.25) is 0 Å². The van der Waals surface area contributed by atoms with Gasteiger partial charge in [-0.1, -0.05) is 0 Å². The number of rotatable bonds is 2. The van der Waals surface area contributed by atoms with Crippen LogP contribution in [0.3, 0.4) is 0 Å². The van der Waals surface area contributed by atoms with Crippen molar-refractivity contribution in [3.05, 3.63) is 0 Å². The van der Waals surface area contributed by atoms with Gasteiger partial charge < -0.3 is 0 Å². The molecular weight excluding hydrogens is 130 g/mol. The van der Waals surface area contributed by atoms with Crippen LogP contribution in [0.1, 0.15) is 6.92 Å². The molecule has 0 amide bonds. The second-order valence-corrected chi connectivity index (χ2v) is 3.04. The van der Waals surface area contributed by atoms with E-state index in [2.05, 4.69) is 4.18 Å². The van der Waals surface area contributed by atoms with Gasteiger partial charge in [0.15, 0.2) is 0 Å². The normalized spacial score (nSPS) is 15.9. The van der Waals surface area contributed by atoms with Gasteiger partial charge in [0.1, 0.15) is 6.23 Å². The van der Waals surface area contributed by atoms with Crippen molar-refractivity contribution in [2.75, 3.05) is 6.26 Å². The monoisotopic (exact) mass is 138 g/mol. The lowest BCUT2D eigenvalue weighted by Gasteiger charge is -2.00. The maximum absolute atomic E-state index is 10.1. The van der Waals surface area contributed by atoms with Crippen LogP contribution in [0, 0.1) is 0 Å². The van der Waals surface area contributed by atoms with Crippen molar-refractivity contribution in [1.29, 1.82) is 0 Å². The molecule has 0 aliphatic heterocycles. The summed E-state index contributed by atoms with van der Waals surface area (Å²) in [6, 6.07) is 0. The van der Waals surface area contributed by atoms with Gasteiger partial charge >= 0.3 is 0 Å². The molecule has 0 rings (SSSR count). The van der Waals surface area contributed by atoms with Gasteiger partial charge in [0.2, 0.25) is 0 Å². The highest BCUT2D eigenvalue weighted by atomic mass is 32.2. The molecule has 1 radical (unpaired) electrons. The molecule has 0 heterocycles. The van der Waals surface area contributed by atoms with Crippen LogP contribution in [0.15, 0.2) is 0 Å². The van der Waals surface area contributed by atoms with Gasteiger partial charge in [-0.05, 0) is 6.92 Å². The van der Waals surface area contributed by atoms with Gasteiger partial charge in [-0.25, -0.2) is 5.73 Å². The zero-order valence-corrected chi connectivity index (χ0v) is 5.53. The molecule has 5 heteroatoms. The first kappa shape index (κ1) is 7.87. The van der Waals surface area contributed by atoms with E-state index in [-0.39, 0.29) is 0 Å². The van der Waals surface area contributed by atoms with E-state index in [0.29, 0.717) is 0 Å². The molecule has 0 saturated heterocycles. The van der Waals surface area contributed by atoms with E-state index < -0.39 is 16.3 Å². The summed E-state index contributed by atoms with van der Waals surface area (Å²) in [6.07, 6.45) is -0.0806. The van der Waals surface area contributed by atoms with E-state index in [1.54, 1.807) is 0 Å². The summed E-state index contributed by atoms with van der Waals surface area (Å²) in [5, 5.41) is 0. The van der Waals surface area contributed by atoms with Crippen molar-refractivity contribution in [1.82, 2.24) is 5.73 Å². The molecule has 0 bridgehead atoms. The predicted molar refractivity (Wildman–Crippen MR) is 28.5 cm³/mol. The molecule has 0 fully saturated rings. The molecule has 49 valence electrons. The lowest BCUT2D eigenvalue weighted by Crippen LogP contribution is -2.13. The zero-order chi connectivity index (χ0) is 6.78. The first-order chi connectivity index (χ1) is 3.42. The second-order valence-electron chi connectivity index (χ2n) is 1.44. The molecule has 0 aliphatic carbocycles. The smallest absolute Gasteiger partial charge is 0.250 e. The molecule has 0 spiro atoms. The highest BCUT2D eigenvalue weighted by Crippen LogP contribution is 1.89. The summed E-state index contributed by atoms with van der Waals surface area (Å²) >= 11 is 0. The van der Waals surface area contributed by atoms with Crippen LogP contribution in [-0.4, -0.2) is 20.9 Å². The summed E-state index contributed by atoms with van der Waals surface area (Å²) in [5.41, 5.74) is 6.63. The lowest BCUT2D eigenvalue weighted by molar-refractivity contribution is 0.232. The van der Waals surface area contributed by atoms with E-state index in [1.165, 1.54) is 6.92 Å². The molecule has 1 N–H and O–H groups in total. The van der Waals surface area contributed by atoms with Crippen molar-refractivity contribution in [2.45, 2.75) is 13.2 Å². The fourth-order valence-corrected chi connectivity index (χ4v) is 0.787. The van der Waals surface area contributed by atoms with Crippen LogP contribution in [-0.2, 0) is 14.3 Å². The Balaban J connectivity index is 3.75. The Kier molecular flexibility index (Phi) is 2.39. The quantitative estimate of drug-likeness (QED) is 0.487. The molecule has 8 heavy (non-hydrogen) atoms. The molecule has 0 aromatic heterocycles. The van der Waals surface area contributed by atoms with Crippen molar-refractivity contribution < 1.29 is 12.6 Å². The van der Waals surface area contributed by atoms with Crippen molar-refractivity contribution >= 4 is 10.1 Å². The second kappa shape index (κ2) is 2.43. The fraction of sp³-hybridized carbons (Fsp3) is 1.00. The topological polar surface area (TPSA) is 67.2 Å². The van der Waals surface area contributed by atoms with Gasteiger partial charge in [0, 0.05) is 0 Å². The molecule has 1 atom stereocenters. The minimum atomic E-state index is -3.41. The van der Waals surface area contributed by atoms with E-state index in [1.807, 2.05) is 0 Å². The van der Waals surface area contributed by atoms with Gasteiger partial charge in [0.05, 0.1) is 6.26 Å². The van der Waals surface area contributed by atoms with Crippen LogP contribution in [0.25, 0.3) is 0 Å². The molecule has 0 aliphatic rings. The van der Waals surface area contributed by atoms with E-state index >= 15 is 0 Å². The van der Waals surface area contributed by atoms with Gasteiger partial charge in [-0.3, -0.25) is 4.18 Å². The maximum Gasteiger partial charge on any atom is 0.265 e. The van der Waals surface area contributed by atoms with Crippen molar-refractivity contribution in [2.24, 2.45) is 0 Å². The number of hydrogen-bond donors (Lipinski definition) is 0.